The van der Waals surface area contributed by atoms with Crippen molar-refractivity contribution in [2.45, 2.75) is 25.4 Å². The average Bonchev–Trinajstić information content (AvgIpc) is 3.04. The summed E-state index contributed by atoms with van der Waals surface area (Å²) >= 11 is 0. The smallest absolute Gasteiger partial charge is 0.265 e. The third kappa shape index (κ3) is 4.12. The fourth-order valence-corrected chi connectivity index (χ4v) is 2.55. The van der Waals surface area contributed by atoms with E-state index in [-0.39, 0.29) is 17.5 Å². The third-order valence-electron chi connectivity index (χ3n) is 4.01. The van der Waals surface area contributed by atoms with Gasteiger partial charge in [0.15, 0.2) is 0 Å². The highest BCUT2D eigenvalue weighted by Crippen LogP contribution is 2.16. The van der Waals surface area contributed by atoms with Crippen molar-refractivity contribution in [2.75, 3.05) is 27.2 Å². The molecule has 6 nitrogen and oxygen atoms in total. The summed E-state index contributed by atoms with van der Waals surface area (Å²) in [6.07, 6.45) is 4.94. The van der Waals surface area contributed by atoms with Crippen LogP contribution in [0.4, 0.5) is 0 Å². The van der Waals surface area contributed by atoms with E-state index in [0.29, 0.717) is 6.54 Å². The van der Waals surface area contributed by atoms with E-state index in [4.69, 9.17) is 4.42 Å². The number of likely N-dealkylation sites (tertiary alicyclic amines) is 1. The van der Waals surface area contributed by atoms with E-state index in [1.165, 1.54) is 6.20 Å². The minimum absolute atomic E-state index is 0.119. The van der Waals surface area contributed by atoms with Crippen LogP contribution in [0.5, 0.6) is 0 Å². The lowest BCUT2D eigenvalue weighted by atomic mass is 10.0. The number of nitrogens with one attached hydrogen (secondary N) is 1. The van der Waals surface area contributed by atoms with E-state index >= 15 is 0 Å². The largest absolute Gasteiger partial charge is 0.467 e. The number of carbonyl (C=O) groups is 1. The maximum Gasteiger partial charge on any atom is 0.265 e. The molecule has 0 aliphatic carbocycles. The zero-order chi connectivity index (χ0) is 15.9. The molecule has 1 amide bonds. The first kappa shape index (κ1) is 16.1. The minimum Gasteiger partial charge on any atom is -0.467 e. The van der Waals surface area contributed by atoms with Crippen LogP contribution in [0.25, 0.3) is 0 Å². The predicted octanol–water partition coefficient (Wildman–Crippen LogP) is 1.33. The van der Waals surface area contributed by atoms with E-state index in [1.54, 1.807) is 24.3 Å². The van der Waals surface area contributed by atoms with Crippen LogP contribution in [0.1, 0.15) is 18.6 Å². The zero-order valence-electron chi connectivity index (χ0n) is 13.1. The monoisotopic (exact) mass is 302 g/mol. The Balaban J connectivity index is 1.91. The van der Waals surface area contributed by atoms with Crippen LogP contribution < -0.4 is 5.32 Å². The van der Waals surface area contributed by atoms with Gasteiger partial charge < -0.3 is 19.5 Å². The van der Waals surface area contributed by atoms with E-state index in [0.717, 1.165) is 31.7 Å². The molecule has 1 saturated heterocycles. The van der Waals surface area contributed by atoms with Gasteiger partial charge in [-0.15, -0.1) is 0 Å². The molecule has 0 saturated carbocycles. The van der Waals surface area contributed by atoms with Crippen molar-refractivity contribution in [1.82, 2.24) is 15.1 Å². The molecule has 1 fully saturated rings. The summed E-state index contributed by atoms with van der Waals surface area (Å²) in [4.78, 5) is 16.3. The summed E-state index contributed by atoms with van der Waals surface area (Å²) in [5.74, 6) is 0.522. The summed E-state index contributed by atoms with van der Waals surface area (Å²) in [5.41, 5.74) is 0.119. The Kier molecular flexibility index (Phi) is 5.61. The first-order valence-electron chi connectivity index (χ1n) is 7.43. The van der Waals surface area contributed by atoms with Crippen molar-refractivity contribution < 1.29 is 9.21 Å². The van der Waals surface area contributed by atoms with Crippen molar-refractivity contribution in [1.29, 1.82) is 5.26 Å². The highest BCUT2D eigenvalue weighted by Gasteiger charge is 2.25. The standard InChI is InChI=1S/C16H22N4O2/c1-19-7-5-14(6-8-19)20(2)16(21)13(10-17)11-18-12-15-4-3-9-22-15/h3-4,9,11,14,18H,5-8,12H2,1-2H3/b13-11-. The van der Waals surface area contributed by atoms with Gasteiger partial charge in [-0.2, -0.15) is 5.26 Å². The van der Waals surface area contributed by atoms with Gasteiger partial charge in [0.05, 0.1) is 12.8 Å². The molecule has 1 aromatic heterocycles. The highest BCUT2D eigenvalue weighted by atomic mass is 16.3. The van der Waals surface area contributed by atoms with Crippen LogP contribution >= 0.6 is 0 Å². The Morgan fingerprint density at radius 2 is 2.32 bits per heavy atom. The van der Waals surface area contributed by atoms with Gasteiger partial charge in [-0.05, 0) is 45.1 Å². The molecule has 0 spiro atoms. The predicted molar refractivity (Wildman–Crippen MR) is 82.5 cm³/mol. The number of hydrogen-bond acceptors (Lipinski definition) is 5. The molecule has 6 heteroatoms. The fraction of sp³-hybridized carbons (Fsp3) is 0.500. The minimum atomic E-state index is -0.232. The second kappa shape index (κ2) is 7.66. The van der Waals surface area contributed by atoms with Gasteiger partial charge in [-0.25, -0.2) is 0 Å². The third-order valence-corrected chi connectivity index (χ3v) is 4.01. The topological polar surface area (TPSA) is 72.5 Å². The fourth-order valence-electron chi connectivity index (χ4n) is 2.55. The molecule has 0 bridgehead atoms. The first-order chi connectivity index (χ1) is 10.6. The number of rotatable bonds is 5. The molecular formula is C16H22N4O2. The number of piperidine rings is 1. The molecule has 0 atom stereocenters. The summed E-state index contributed by atoms with van der Waals surface area (Å²) in [7, 11) is 3.85. The molecule has 0 aromatic carbocycles. The van der Waals surface area contributed by atoms with Crippen molar-refractivity contribution in [3.8, 4) is 6.07 Å². The lowest BCUT2D eigenvalue weighted by Gasteiger charge is -2.34. The van der Waals surface area contributed by atoms with Crippen molar-refractivity contribution in [3.05, 3.63) is 35.9 Å². The number of carbonyl (C=O) groups excluding carboxylic acids is 1. The van der Waals surface area contributed by atoms with Crippen LogP contribution in [0.2, 0.25) is 0 Å². The number of nitrogens with zero attached hydrogens (tertiary/aromatic N) is 3. The van der Waals surface area contributed by atoms with Gasteiger partial charge in [-0.3, -0.25) is 4.79 Å². The van der Waals surface area contributed by atoms with Crippen LogP contribution in [0.15, 0.2) is 34.6 Å². The molecule has 0 unspecified atom stereocenters. The van der Waals surface area contributed by atoms with E-state index < -0.39 is 0 Å². The zero-order valence-corrected chi connectivity index (χ0v) is 13.1. The number of amides is 1. The number of hydrogen-bond donors (Lipinski definition) is 1. The van der Waals surface area contributed by atoms with Gasteiger partial charge in [0.25, 0.3) is 5.91 Å². The lowest BCUT2D eigenvalue weighted by Crippen LogP contribution is -2.45. The Labute approximate surface area is 131 Å². The van der Waals surface area contributed by atoms with Gasteiger partial charge in [0, 0.05) is 19.3 Å². The summed E-state index contributed by atoms with van der Waals surface area (Å²) in [5, 5.41) is 12.2. The molecule has 1 N–H and O–H groups in total. The number of furan rings is 1. The summed E-state index contributed by atoms with van der Waals surface area (Å²) in [6.45, 7) is 2.40. The Morgan fingerprint density at radius 3 is 2.91 bits per heavy atom. The van der Waals surface area contributed by atoms with Gasteiger partial charge >= 0.3 is 0 Å². The molecule has 1 aromatic rings. The highest BCUT2D eigenvalue weighted by molar-refractivity contribution is 5.97. The maximum atomic E-state index is 12.4. The maximum absolute atomic E-state index is 12.4. The normalized spacial score (nSPS) is 17.0. The average molecular weight is 302 g/mol. The number of nitriles is 1. The molecule has 1 aliphatic rings. The van der Waals surface area contributed by atoms with Crippen LogP contribution in [-0.2, 0) is 11.3 Å². The van der Waals surface area contributed by atoms with E-state index in [1.807, 2.05) is 12.1 Å². The number of likely N-dealkylation sites (N-methyl/N-ethyl adjacent to an activating group) is 1. The van der Waals surface area contributed by atoms with Gasteiger partial charge in [0.2, 0.25) is 0 Å². The van der Waals surface area contributed by atoms with Crippen LogP contribution in [-0.4, -0.2) is 48.9 Å². The van der Waals surface area contributed by atoms with Crippen molar-refractivity contribution in [2.24, 2.45) is 0 Å². The van der Waals surface area contributed by atoms with Crippen LogP contribution in [0.3, 0.4) is 0 Å². The molecule has 0 radical (unpaired) electrons. The molecular weight excluding hydrogens is 280 g/mol. The van der Waals surface area contributed by atoms with Crippen molar-refractivity contribution in [3.63, 3.8) is 0 Å². The van der Waals surface area contributed by atoms with E-state index in [2.05, 4.69) is 17.3 Å². The summed E-state index contributed by atoms with van der Waals surface area (Å²) in [6, 6.07) is 5.81. The lowest BCUT2D eigenvalue weighted by molar-refractivity contribution is -0.128. The molecule has 22 heavy (non-hydrogen) atoms. The van der Waals surface area contributed by atoms with E-state index in [9.17, 15) is 10.1 Å². The molecule has 118 valence electrons. The van der Waals surface area contributed by atoms with Crippen LogP contribution in [0, 0.1) is 11.3 Å². The first-order valence-corrected chi connectivity index (χ1v) is 7.43. The van der Waals surface area contributed by atoms with Crippen molar-refractivity contribution >= 4 is 5.91 Å². The molecule has 1 aliphatic heterocycles. The Bertz CT molecular complexity index is 551. The molecule has 2 heterocycles. The SMILES string of the molecule is CN1CCC(N(C)C(=O)/C(C#N)=C\NCc2ccco2)CC1. The second-order valence-electron chi connectivity index (χ2n) is 5.58. The van der Waals surface area contributed by atoms with Gasteiger partial charge in [-0.1, -0.05) is 0 Å². The molecule has 2 rings (SSSR count). The van der Waals surface area contributed by atoms with Gasteiger partial charge in [0.1, 0.15) is 17.4 Å². The Morgan fingerprint density at radius 1 is 1.59 bits per heavy atom. The Hall–Kier alpha value is -2.26. The quantitative estimate of drug-likeness (QED) is 0.656. The second-order valence-corrected chi connectivity index (χ2v) is 5.58. The summed E-state index contributed by atoms with van der Waals surface area (Å²) < 4.78 is 5.19.